The van der Waals surface area contributed by atoms with Crippen LogP contribution in [0, 0.1) is 13.8 Å². The van der Waals surface area contributed by atoms with Crippen LogP contribution in [-0.2, 0) is 0 Å². The summed E-state index contributed by atoms with van der Waals surface area (Å²) in [5.74, 6) is 0.399. The summed E-state index contributed by atoms with van der Waals surface area (Å²) in [6.07, 6.45) is 0. The van der Waals surface area contributed by atoms with Gasteiger partial charge in [-0.15, -0.1) is 10.2 Å². The second-order valence-corrected chi connectivity index (χ2v) is 4.17. The molecule has 0 unspecified atom stereocenters. The largest absolute Gasteiger partial charge is 0.382 e. The normalized spacial score (nSPS) is 10.4. The van der Waals surface area contributed by atoms with Crippen LogP contribution in [0.25, 0.3) is 11.1 Å². The minimum Gasteiger partial charge on any atom is -0.382 e. The van der Waals surface area contributed by atoms with Crippen molar-refractivity contribution in [3.05, 3.63) is 40.5 Å². The average Bonchev–Trinajstić information content (AvgIpc) is 2.22. The van der Waals surface area contributed by atoms with Gasteiger partial charge in [0.05, 0.1) is 0 Å². The maximum atomic E-state index is 5.82. The summed E-state index contributed by atoms with van der Waals surface area (Å²) < 4.78 is 0. The van der Waals surface area contributed by atoms with E-state index in [0.29, 0.717) is 11.0 Å². The van der Waals surface area contributed by atoms with Gasteiger partial charge in [-0.1, -0.05) is 35.4 Å². The number of aryl methyl sites for hydroxylation is 2. The fraction of sp³-hybridized carbons (Fsp3) is 0.167. The van der Waals surface area contributed by atoms with Gasteiger partial charge in [-0.2, -0.15) is 0 Å². The van der Waals surface area contributed by atoms with E-state index in [1.807, 2.05) is 19.1 Å². The number of aromatic nitrogens is 2. The molecule has 0 aliphatic rings. The first-order valence-corrected chi connectivity index (χ1v) is 5.32. The number of anilines is 1. The fourth-order valence-corrected chi connectivity index (χ4v) is 1.86. The molecule has 0 radical (unpaired) electrons. The molecule has 0 atom stereocenters. The predicted octanol–water partition coefficient (Wildman–Crippen LogP) is 3.00. The summed E-state index contributed by atoms with van der Waals surface area (Å²) in [5, 5.41) is 7.87. The van der Waals surface area contributed by atoms with Crippen molar-refractivity contribution in [1.29, 1.82) is 0 Å². The van der Waals surface area contributed by atoms with E-state index in [1.54, 1.807) is 6.07 Å². The van der Waals surface area contributed by atoms with Crippen LogP contribution in [-0.4, -0.2) is 10.2 Å². The molecule has 2 aromatic rings. The van der Waals surface area contributed by atoms with Crippen LogP contribution in [0.5, 0.6) is 0 Å². The van der Waals surface area contributed by atoms with E-state index in [9.17, 15) is 0 Å². The number of nitrogens with zero attached hydrogens (tertiary/aromatic N) is 2. The van der Waals surface area contributed by atoms with Crippen LogP contribution in [0.4, 0.5) is 5.82 Å². The van der Waals surface area contributed by atoms with Gasteiger partial charge in [0.25, 0.3) is 0 Å². The molecular formula is C12H12ClN3. The van der Waals surface area contributed by atoms with Crippen LogP contribution in [0.3, 0.4) is 0 Å². The summed E-state index contributed by atoms with van der Waals surface area (Å²) in [6, 6.07) is 7.90. The molecule has 0 aliphatic heterocycles. The van der Waals surface area contributed by atoms with E-state index in [-0.39, 0.29) is 0 Å². The number of nitrogen functional groups attached to an aromatic ring is 1. The van der Waals surface area contributed by atoms with Crippen molar-refractivity contribution in [2.45, 2.75) is 13.8 Å². The Morgan fingerprint density at radius 2 is 1.81 bits per heavy atom. The van der Waals surface area contributed by atoms with Gasteiger partial charge in [0.1, 0.15) is 0 Å². The van der Waals surface area contributed by atoms with Crippen LogP contribution in [0.15, 0.2) is 24.3 Å². The third-order valence-corrected chi connectivity index (χ3v) is 2.65. The van der Waals surface area contributed by atoms with Gasteiger partial charge in [0.2, 0.25) is 0 Å². The molecule has 82 valence electrons. The Morgan fingerprint density at radius 1 is 1.06 bits per heavy atom. The summed E-state index contributed by atoms with van der Waals surface area (Å²) >= 11 is 5.82. The Kier molecular flexibility index (Phi) is 2.79. The molecule has 0 bridgehead atoms. The minimum atomic E-state index is 0.351. The highest BCUT2D eigenvalue weighted by Crippen LogP contribution is 2.29. The Balaban J connectivity index is 2.62. The van der Waals surface area contributed by atoms with Gasteiger partial charge in [0.15, 0.2) is 11.0 Å². The quantitative estimate of drug-likeness (QED) is 0.824. The van der Waals surface area contributed by atoms with Gasteiger partial charge >= 0.3 is 0 Å². The van der Waals surface area contributed by atoms with E-state index in [2.05, 4.69) is 23.2 Å². The number of hydrogen-bond donors (Lipinski definition) is 1. The van der Waals surface area contributed by atoms with Gasteiger partial charge in [0, 0.05) is 5.56 Å². The van der Waals surface area contributed by atoms with Gasteiger partial charge in [-0.3, -0.25) is 0 Å². The zero-order chi connectivity index (χ0) is 11.7. The van der Waals surface area contributed by atoms with Crippen molar-refractivity contribution >= 4 is 17.4 Å². The first-order chi connectivity index (χ1) is 7.58. The number of nitrogens with two attached hydrogens (primary N) is 1. The van der Waals surface area contributed by atoms with E-state index >= 15 is 0 Å². The molecule has 1 aromatic heterocycles. The zero-order valence-corrected chi connectivity index (χ0v) is 9.92. The first kappa shape index (κ1) is 10.9. The van der Waals surface area contributed by atoms with Crippen molar-refractivity contribution in [2.75, 3.05) is 5.73 Å². The van der Waals surface area contributed by atoms with Gasteiger partial charge < -0.3 is 5.73 Å². The molecule has 1 aromatic carbocycles. The highest BCUT2D eigenvalue weighted by atomic mass is 35.5. The maximum Gasteiger partial charge on any atom is 0.154 e. The monoisotopic (exact) mass is 233 g/mol. The van der Waals surface area contributed by atoms with E-state index in [4.69, 9.17) is 17.3 Å². The van der Waals surface area contributed by atoms with Crippen LogP contribution < -0.4 is 5.73 Å². The smallest absolute Gasteiger partial charge is 0.154 e. The molecule has 3 nitrogen and oxygen atoms in total. The lowest BCUT2D eigenvalue weighted by Gasteiger charge is -2.08. The Labute approximate surface area is 99.3 Å². The van der Waals surface area contributed by atoms with Crippen molar-refractivity contribution in [1.82, 2.24) is 10.2 Å². The molecule has 2 rings (SSSR count). The molecule has 16 heavy (non-hydrogen) atoms. The summed E-state index contributed by atoms with van der Waals surface area (Å²) in [4.78, 5) is 0. The lowest BCUT2D eigenvalue weighted by molar-refractivity contribution is 1.04. The van der Waals surface area contributed by atoms with Crippen LogP contribution >= 0.6 is 11.6 Å². The maximum absolute atomic E-state index is 5.82. The van der Waals surface area contributed by atoms with Crippen molar-refractivity contribution < 1.29 is 0 Å². The molecule has 0 fully saturated rings. The Hall–Kier alpha value is -1.61. The van der Waals surface area contributed by atoms with Gasteiger partial charge in [-0.05, 0) is 31.0 Å². The number of halogens is 1. The number of rotatable bonds is 1. The Morgan fingerprint density at radius 3 is 2.50 bits per heavy atom. The number of hydrogen-bond acceptors (Lipinski definition) is 3. The molecule has 0 amide bonds. The third-order valence-electron chi connectivity index (χ3n) is 2.46. The van der Waals surface area contributed by atoms with Crippen LogP contribution in [0.1, 0.15) is 11.1 Å². The molecule has 0 saturated carbocycles. The highest BCUT2D eigenvalue weighted by Gasteiger charge is 2.08. The SMILES string of the molecule is Cc1ccc(-c2cc(Cl)nnc2N)c(C)c1. The van der Waals surface area contributed by atoms with E-state index in [1.165, 1.54) is 5.56 Å². The molecule has 1 heterocycles. The lowest BCUT2D eigenvalue weighted by atomic mass is 10.00. The molecule has 0 spiro atoms. The van der Waals surface area contributed by atoms with E-state index in [0.717, 1.165) is 16.7 Å². The fourth-order valence-electron chi connectivity index (χ4n) is 1.71. The van der Waals surface area contributed by atoms with Gasteiger partial charge in [-0.25, -0.2) is 0 Å². The third kappa shape index (κ3) is 1.99. The Bertz CT molecular complexity index is 538. The molecule has 0 saturated heterocycles. The standard InChI is InChI=1S/C12H12ClN3/c1-7-3-4-9(8(2)5-7)10-6-11(13)15-16-12(10)14/h3-6H,1-2H3,(H2,14,16). The molecule has 0 aliphatic carbocycles. The predicted molar refractivity (Wildman–Crippen MR) is 66.4 cm³/mol. The average molecular weight is 234 g/mol. The molecule has 2 N–H and O–H groups in total. The molecule has 4 heteroatoms. The zero-order valence-electron chi connectivity index (χ0n) is 9.16. The molecular weight excluding hydrogens is 222 g/mol. The minimum absolute atomic E-state index is 0.351. The second kappa shape index (κ2) is 4.10. The van der Waals surface area contributed by atoms with Crippen molar-refractivity contribution in [3.8, 4) is 11.1 Å². The second-order valence-electron chi connectivity index (χ2n) is 3.78. The highest BCUT2D eigenvalue weighted by molar-refractivity contribution is 6.29. The first-order valence-electron chi connectivity index (χ1n) is 4.94. The van der Waals surface area contributed by atoms with Crippen LogP contribution in [0.2, 0.25) is 5.15 Å². The van der Waals surface area contributed by atoms with E-state index < -0.39 is 0 Å². The van der Waals surface area contributed by atoms with Crippen molar-refractivity contribution in [2.24, 2.45) is 0 Å². The lowest BCUT2D eigenvalue weighted by Crippen LogP contribution is -1.97. The summed E-state index contributed by atoms with van der Waals surface area (Å²) in [5.41, 5.74) is 10.0. The summed E-state index contributed by atoms with van der Waals surface area (Å²) in [7, 11) is 0. The number of benzene rings is 1. The topological polar surface area (TPSA) is 51.8 Å². The van der Waals surface area contributed by atoms with Crippen molar-refractivity contribution in [3.63, 3.8) is 0 Å². The summed E-state index contributed by atoms with van der Waals surface area (Å²) in [6.45, 7) is 4.09.